The van der Waals surface area contributed by atoms with E-state index in [0.717, 1.165) is 66.9 Å². The Labute approximate surface area is 366 Å². The highest BCUT2D eigenvalue weighted by atomic mass is 16.5. The molecule has 0 N–H and O–H groups in total. The van der Waals surface area contributed by atoms with Crippen LogP contribution in [0.25, 0.3) is 65.3 Å². The van der Waals surface area contributed by atoms with Gasteiger partial charge >= 0.3 is 0 Å². The van der Waals surface area contributed by atoms with Crippen molar-refractivity contribution < 1.29 is 14.2 Å². The van der Waals surface area contributed by atoms with Crippen molar-refractivity contribution in [3.63, 3.8) is 0 Å². The van der Waals surface area contributed by atoms with Crippen molar-refractivity contribution in [1.29, 1.82) is 0 Å². The standard InChI is InChI=1S/C58H70O3/c1-4-7-10-13-16-27-38-59-56-52(54-48-34-23-19-30-44(48)41-45-31-20-24-35-49(45)54)43-53(55-50-36-25-21-32-46(50)42-47-33-22-26-37-51(47)55)57(60-39-28-17-14-11-8-5-2)58(56)61-40-29-18-15-12-9-6-3/h19-26,30-37,41-43H,4-18,27-29,38-40H2,1-3H3. The number of rotatable bonds is 26. The van der Waals surface area contributed by atoms with Crippen molar-refractivity contribution in [2.75, 3.05) is 19.8 Å². The summed E-state index contributed by atoms with van der Waals surface area (Å²) in [6.45, 7) is 8.72. The van der Waals surface area contributed by atoms with Crippen molar-refractivity contribution in [2.24, 2.45) is 0 Å². The minimum absolute atomic E-state index is 0.613. The predicted octanol–water partition coefficient (Wildman–Crippen LogP) is 17.9. The van der Waals surface area contributed by atoms with Crippen molar-refractivity contribution in [2.45, 2.75) is 136 Å². The first-order chi connectivity index (χ1) is 30.2. The summed E-state index contributed by atoms with van der Waals surface area (Å²) in [6.07, 6.45) is 21.6. The SMILES string of the molecule is CCCCCCCCOc1c(-c2c3ccccc3cc3ccccc23)cc(-c2c3ccccc3cc3ccccc23)c(OCCCCCCCC)c1OCCCCCCCC. The molecule has 0 bridgehead atoms. The van der Waals surface area contributed by atoms with Crippen LogP contribution in [-0.2, 0) is 0 Å². The lowest BCUT2D eigenvalue weighted by Crippen LogP contribution is -2.09. The first-order valence-corrected chi connectivity index (χ1v) is 24.1. The Morgan fingerprint density at radius 1 is 0.295 bits per heavy atom. The molecular formula is C58H70O3. The van der Waals surface area contributed by atoms with Crippen LogP contribution in [0, 0.1) is 0 Å². The van der Waals surface area contributed by atoms with Gasteiger partial charge in [0.15, 0.2) is 11.5 Å². The lowest BCUT2D eigenvalue weighted by atomic mass is 9.86. The van der Waals surface area contributed by atoms with E-state index in [0.29, 0.717) is 19.8 Å². The highest BCUT2D eigenvalue weighted by Crippen LogP contribution is 2.55. The van der Waals surface area contributed by atoms with Crippen molar-refractivity contribution in [1.82, 2.24) is 0 Å². The van der Waals surface area contributed by atoms with Gasteiger partial charge in [-0.25, -0.2) is 0 Å². The third-order valence-corrected chi connectivity index (χ3v) is 12.5. The van der Waals surface area contributed by atoms with Crippen LogP contribution in [0.15, 0.2) is 115 Å². The first kappa shape index (κ1) is 44.0. The number of benzene rings is 7. The van der Waals surface area contributed by atoms with Gasteiger partial charge in [0.2, 0.25) is 5.75 Å². The van der Waals surface area contributed by atoms with Crippen molar-refractivity contribution in [3.8, 4) is 39.5 Å². The molecule has 0 fully saturated rings. The first-order valence-electron chi connectivity index (χ1n) is 24.1. The summed E-state index contributed by atoms with van der Waals surface area (Å²) in [7, 11) is 0. The average molecular weight is 815 g/mol. The topological polar surface area (TPSA) is 27.7 Å². The van der Waals surface area contributed by atoms with E-state index in [9.17, 15) is 0 Å². The van der Waals surface area contributed by atoms with Crippen LogP contribution in [0.2, 0.25) is 0 Å². The summed E-state index contributed by atoms with van der Waals surface area (Å²) in [6, 6.07) is 42.5. The second kappa shape index (κ2) is 23.3. The fourth-order valence-corrected chi connectivity index (χ4v) is 9.19. The second-order valence-electron chi connectivity index (χ2n) is 17.2. The maximum atomic E-state index is 7.22. The molecule has 320 valence electrons. The second-order valence-corrected chi connectivity index (χ2v) is 17.2. The molecule has 0 amide bonds. The molecule has 61 heavy (non-hydrogen) atoms. The number of ether oxygens (including phenoxy) is 3. The number of fused-ring (bicyclic) bond motifs is 4. The smallest absolute Gasteiger partial charge is 0.204 e. The van der Waals surface area contributed by atoms with Crippen LogP contribution in [0.5, 0.6) is 17.2 Å². The maximum Gasteiger partial charge on any atom is 0.204 e. The fourth-order valence-electron chi connectivity index (χ4n) is 9.19. The molecule has 0 aromatic heterocycles. The Balaban J connectivity index is 1.48. The van der Waals surface area contributed by atoms with Crippen LogP contribution >= 0.6 is 0 Å². The van der Waals surface area contributed by atoms with Gasteiger partial charge in [0.1, 0.15) is 0 Å². The molecule has 0 radical (unpaired) electrons. The molecular weight excluding hydrogens is 745 g/mol. The van der Waals surface area contributed by atoms with Crippen molar-refractivity contribution in [3.05, 3.63) is 115 Å². The maximum absolute atomic E-state index is 7.22. The highest BCUT2D eigenvalue weighted by Gasteiger charge is 2.28. The zero-order valence-corrected chi connectivity index (χ0v) is 37.5. The van der Waals surface area contributed by atoms with E-state index in [1.807, 2.05) is 0 Å². The number of unbranched alkanes of at least 4 members (excludes halogenated alkanes) is 15. The van der Waals surface area contributed by atoms with Gasteiger partial charge in [0, 0.05) is 22.3 Å². The summed E-state index contributed by atoms with van der Waals surface area (Å²) in [5.41, 5.74) is 4.50. The monoisotopic (exact) mass is 815 g/mol. The lowest BCUT2D eigenvalue weighted by Gasteiger charge is -2.25. The summed E-state index contributed by atoms with van der Waals surface area (Å²) < 4.78 is 21.6. The summed E-state index contributed by atoms with van der Waals surface area (Å²) in [5.74, 6) is 2.38. The van der Waals surface area contributed by atoms with Gasteiger partial charge in [0.25, 0.3) is 0 Å². The molecule has 7 aromatic rings. The molecule has 0 saturated heterocycles. The molecule has 7 aromatic carbocycles. The Hall–Kier alpha value is -5.02. The average Bonchev–Trinajstić information content (AvgIpc) is 3.29. The predicted molar refractivity (Wildman–Crippen MR) is 264 cm³/mol. The van der Waals surface area contributed by atoms with Gasteiger partial charge in [-0.1, -0.05) is 214 Å². The minimum atomic E-state index is 0.613. The Morgan fingerprint density at radius 2 is 0.574 bits per heavy atom. The number of hydrogen-bond acceptors (Lipinski definition) is 3. The van der Waals surface area contributed by atoms with Gasteiger partial charge in [-0.3, -0.25) is 0 Å². The van der Waals surface area contributed by atoms with E-state index in [4.69, 9.17) is 14.2 Å². The van der Waals surface area contributed by atoms with Crippen LogP contribution in [-0.4, -0.2) is 19.8 Å². The summed E-state index contributed by atoms with van der Waals surface area (Å²) in [5, 5.41) is 9.70. The third kappa shape index (κ3) is 11.1. The third-order valence-electron chi connectivity index (χ3n) is 12.5. The largest absolute Gasteiger partial charge is 0.489 e. The molecule has 0 aliphatic carbocycles. The Bertz CT molecular complexity index is 2180. The molecule has 0 heterocycles. The zero-order valence-electron chi connectivity index (χ0n) is 37.5. The molecule has 7 rings (SSSR count). The molecule has 0 aliphatic rings. The highest BCUT2D eigenvalue weighted by molar-refractivity contribution is 6.17. The van der Waals surface area contributed by atoms with Crippen LogP contribution in [0.1, 0.15) is 136 Å². The molecule has 0 unspecified atom stereocenters. The van der Waals surface area contributed by atoms with E-state index in [-0.39, 0.29) is 0 Å². The molecule has 0 atom stereocenters. The van der Waals surface area contributed by atoms with Gasteiger partial charge in [-0.2, -0.15) is 0 Å². The number of hydrogen-bond donors (Lipinski definition) is 0. The fraction of sp³-hybridized carbons (Fsp3) is 0.414. The van der Waals surface area contributed by atoms with Crippen LogP contribution in [0.3, 0.4) is 0 Å². The quantitative estimate of drug-likeness (QED) is 0.0403. The molecule has 3 heteroatoms. The van der Waals surface area contributed by atoms with Crippen LogP contribution in [0.4, 0.5) is 0 Å². The van der Waals surface area contributed by atoms with E-state index in [1.165, 1.54) is 131 Å². The van der Waals surface area contributed by atoms with E-state index >= 15 is 0 Å². The van der Waals surface area contributed by atoms with E-state index in [2.05, 4.69) is 136 Å². The molecule has 3 nitrogen and oxygen atoms in total. The molecule has 0 aliphatic heterocycles. The Kier molecular flexibility index (Phi) is 16.8. The van der Waals surface area contributed by atoms with E-state index < -0.39 is 0 Å². The van der Waals surface area contributed by atoms with Crippen molar-refractivity contribution >= 4 is 43.1 Å². The van der Waals surface area contributed by atoms with Gasteiger partial charge < -0.3 is 14.2 Å². The Morgan fingerprint density at radius 3 is 0.902 bits per heavy atom. The minimum Gasteiger partial charge on any atom is -0.489 e. The van der Waals surface area contributed by atoms with Gasteiger partial charge in [-0.05, 0) is 80.6 Å². The van der Waals surface area contributed by atoms with Gasteiger partial charge in [0.05, 0.1) is 19.8 Å². The van der Waals surface area contributed by atoms with Gasteiger partial charge in [-0.15, -0.1) is 0 Å². The molecule has 0 spiro atoms. The lowest BCUT2D eigenvalue weighted by molar-refractivity contribution is 0.235. The normalized spacial score (nSPS) is 11.6. The van der Waals surface area contributed by atoms with E-state index in [1.54, 1.807) is 0 Å². The summed E-state index contributed by atoms with van der Waals surface area (Å²) in [4.78, 5) is 0. The van der Waals surface area contributed by atoms with Crippen LogP contribution < -0.4 is 14.2 Å². The summed E-state index contributed by atoms with van der Waals surface area (Å²) >= 11 is 0. The molecule has 0 saturated carbocycles. The zero-order chi connectivity index (χ0) is 42.1.